The molecule has 3 aromatic carbocycles. The maximum Gasteiger partial charge on any atom is 0.387 e. The van der Waals surface area contributed by atoms with Gasteiger partial charge in [0, 0.05) is 5.69 Å². The van der Waals surface area contributed by atoms with Crippen LogP contribution in [-0.2, 0) is 4.79 Å². The Hall–Kier alpha value is -3.32. The van der Waals surface area contributed by atoms with Crippen LogP contribution in [0.1, 0.15) is 17.2 Å². The predicted molar refractivity (Wildman–Crippen MR) is 104 cm³/mol. The van der Waals surface area contributed by atoms with Gasteiger partial charge in [-0.3, -0.25) is 10.1 Å². The van der Waals surface area contributed by atoms with Crippen molar-refractivity contribution in [3.05, 3.63) is 95.8 Å². The zero-order valence-electron chi connectivity index (χ0n) is 15.3. The molecule has 1 amide bonds. The van der Waals surface area contributed by atoms with E-state index >= 15 is 0 Å². The van der Waals surface area contributed by atoms with Gasteiger partial charge >= 0.3 is 6.61 Å². The second kappa shape index (κ2) is 9.75. The van der Waals surface area contributed by atoms with Gasteiger partial charge < -0.3 is 10.1 Å². The number of anilines is 1. The Morgan fingerprint density at radius 3 is 2.10 bits per heavy atom. The number of benzene rings is 3. The molecule has 0 bridgehead atoms. The number of alkyl halides is 2. The van der Waals surface area contributed by atoms with Crippen LogP contribution < -0.4 is 15.4 Å². The summed E-state index contributed by atoms with van der Waals surface area (Å²) in [6.07, 6.45) is 0. The fourth-order valence-electron chi connectivity index (χ4n) is 2.85. The highest BCUT2D eigenvalue weighted by atomic mass is 19.3. The van der Waals surface area contributed by atoms with Crippen molar-refractivity contribution in [2.75, 3.05) is 11.9 Å². The highest BCUT2D eigenvalue weighted by Crippen LogP contribution is 2.24. The number of hydrogen-bond donors (Lipinski definition) is 2. The topological polar surface area (TPSA) is 50.4 Å². The maximum atomic E-state index is 13.0. The van der Waals surface area contributed by atoms with E-state index in [4.69, 9.17) is 0 Å². The molecule has 0 aliphatic carbocycles. The van der Waals surface area contributed by atoms with Gasteiger partial charge in [-0.1, -0.05) is 42.5 Å². The largest absolute Gasteiger partial charge is 0.435 e. The molecule has 0 aliphatic heterocycles. The molecule has 1 atom stereocenters. The van der Waals surface area contributed by atoms with Crippen molar-refractivity contribution in [1.82, 2.24) is 5.32 Å². The Morgan fingerprint density at radius 1 is 0.862 bits per heavy atom. The molecule has 0 saturated carbocycles. The average Bonchev–Trinajstić information content (AvgIpc) is 2.71. The van der Waals surface area contributed by atoms with E-state index in [0.717, 1.165) is 11.1 Å². The quantitative estimate of drug-likeness (QED) is 0.574. The van der Waals surface area contributed by atoms with E-state index in [-0.39, 0.29) is 30.1 Å². The molecule has 0 saturated heterocycles. The molecule has 0 aliphatic rings. The lowest BCUT2D eigenvalue weighted by Gasteiger charge is -2.20. The predicted octanol–water partition coefficient (Wildman–Crippen LogP) is 4.74. The monoisotopic (exact) mass is 400 g/mol. The van der Waals surface area contributed by atoms with Gasteiger partial charge in [0.25, 0.3) is 0 Å². The van der Waals surface area contributed by atoms with Gasteiger partial charge in [-0.15, -0.1) is 0 Å². The highest BCUT2D eigenvalue weighted by Gasteiger charge is 2.16. The van der Waals surface area contributed by atoms with Crippen molar-refractivity contribution in [1.29, 1.82) is 0 Å². The SMILES string of the molecule is O=C(CN[C@H](c1ccccc1)c1ccc(OC(F)F)cc1)Nc1ccc(F)cc1. The minimum Gasteiger partial charge on any atom is -0.435 e. The van der Waals surface area contributed by atoms with Crippen molar-refractivity contribution >= 4 is 11.6 Å². The Bertz CT molecular complexity index is 917. The number of halogens is 3. The van der Waals surface area contributed by atoms with Crippen molar-refractivity contribution in [3.63, 3.8) is 0 Å². The summed E-state index contributed by atoms with van der Waals surface area (Å²) in [7, 11) is 0. The van der Waals surface area contributed by atoms with Crippen LogP contribution >= 0.6 is 0 Å². The van der Waals surface area contributed by atoms with Crippen LogP contribution in [0.15, 0.2) is 78.9 Å². The summed E-state index contributed by atoms with van der Waals surface area (Å²) in [6.45, 7) is -2.90. The first kappa shape index (κ1) is 20.4. The van der Waals surface area contributed by atoms with Crippen molar-refractivity contribution in [2.24, 2.45) is 0 Å². The van der Waals surface area contributed by atoms with Crippen molar-refractivity contribution < 1.29 is 22.7 Å². The Labute approximate surface area is 166 Å². The smallest absolute Gasteiger partial charge is 0.387 e. The molecule has 0 fully saturated rings. The number of amides is 1. The van der Waals surface area contributed by atoms with E-state index in [1.807, 2.05) is 30.3 Å². The van der Waals surface area contributed by atoms with Gasteiger partial charge in [0.1, 0.15) is 11.6 Å². The Kier molecular flexibility index (Phi) is 6.86. The molecular formula is C22H19F3N2O2. The summed E-state index contributed by atoms with van der Waals surface area (Å²) in [4.78, 5) is 12.3. The first-order chi connectivity index (χ1) is 14.0. The molecule has 0 spiro atoms. The summed E-state index contributed by atoms with van der Waals surface area (Å²) >= 11 is 0. The number of nitrogens with one attached hydrogen (secondary N) is 2. The zero-order chi connectivity index (χ0) is 20.6. The third kappa shape index (κ3) is 6.08. The van der Waals surface area contributed by atoms with Crippen LogP contribution in [-0.4, -0.2) is 19.1 Å². The van der Waals surface area contributed by atoms with Gasteiger partial charge in [0.2, 0.25) is 5.91 Å². The minimum atomic E-state index is -2.89. The molecule has 7 heteroatoms. The fourth-order valence-corrected chi connectivity index (χ4v) is 2.85. The number of carbonyl (C=O) groups is 1. The van der Waals surface area contributed by atoms with Gasteiger partial charge in [-0.05, 0) is 47.5 Å². The first-order valence-electron chi connectivity index (χ1n) is 8.90. The van der Waals surface area contributed by atoms with Gasteiger partial charge in [-0.25, -0.2) is 4.39 Å². The molecule has 29 heavy (non-hydrogen) atoms. The van der Waals surface area contributed by atoms with Crippen LogP contribution in [0.3, 0.4) is 0 Å². The fraction of sp³-hybridized carbons (Fsp3) is 0.136. The lowest BCUT2D eigenvalue weighted by molar-refractivity contribution is -0.115. The third-order valence-electron chi connectivity index (χ3n) is 4.17. The lowest BCUT2D eigenvalue weighted by atomic mass is 9.98. The maximum absolute atomic E-state index is 13.0. The molecule has 4 nitrogen and oxygen atoms in total. The van der Waals surface area contributed by atoms with Crippen LogP contribution in [0, 0.1) is 5.82 Å². The Balaban J connectivity index is 1.71. The molecule has 0 heterocycles. The van der Waals surface area contributed by atoms with Crippen molar-refractivity contribution in [2.45, 2.75) is 12.7 Å². The van der Waals surface area contributed by atoms with Crippen molar-refractivity contribution in [3.8, 4) is 5.75 Å². The van der Waals surface area contributed by atoms with Crippen LogP contribution in [0.25, 0.3) is 0 Å². The molecule has 150 valence electrons. The third-order valence-corrected chi connectivity index (χ3v) is 4.17. The Morgan fingerprint density at radius 2 is 1.48 bits per heavy atom. The van der Waals surface area contributed by atoms with Crippen LogP contribution in [0.5, 0.6) is 5.75 Å². The van der Waals surface area contributed by atoms with E-state index in [2.05, 4.69) is 15.4 Å². The van der Waals surface area contributed by atoms with E-state index in [1.165, 1.54) is 36.4 Å². The molecule has 3 rings (SSSR count). The molecule has 2 N–H and O–H groups in total. The molecule has 0 aromatic heterocycles. The van der Waals surface area contributed by atoms with Gasteiger partial charge in [0.05, 0.1) is 12.6 Å². The first-order valence-corrected chi connectivity index (χ1v) is 8.90. The molecule has 0 radical (unpaired) electrons. The van der Waals surface area contributed by atoms with Crippen LogP contribution in [0.2, 0.25) is 0 Å². The molecule has 0 unspecified atom stereocenters. The normalized spacial score (nSPS) is 11.9. The van der Waals surface area contributed by atoms with E-state index in [1.54, 1.807) is 12.1 Å². The standard InChI is InChI=1S/C22H19F3N2O2/c23-17-8-10-18(11-9-17)27-20(28)14-26-21(15-4-2-1-3-5-15)16-6-12-19(13-7-16)29-22(24)25/h1-13,21-22,26H,14H2,(H,27,28)/t21-/m1/s1. The van der Waals surface area contributed by atoms with E-state index < -0.39 is 6.61 Å². The summed E-state index contributed by atoms with van der Waals surface area (Å²) in [5.74, 6) is -0.621. The molecular weight excluding hydrogens is 381 g/mol. The summed E-state index contributed by atoms with van der Waals surface area (Å²) in [5, 5.41) is 5.86. The van der Waals surface area contributed by atoms with Gasteiger partial charge in [0.15, 0.2) is 0 Å². The highest BCUT2D eigenvalue weighted by molar-refractivity contribution is 5.92. The lowest BCUT2D eigenvalue weighted by Crippen LogP contribution is -2.31. The van der Waals surface area contributed by atoms with E-state index in [9.17, 15) is 18.0 Å². The summed E-state index contributed by atoms with van der Waals surface area (Å²) in [6, 6.07) is 20.8. The minimum absolute atomic E-state index is 0.00772. The second-order valence-electron chi connectivity index (χ2n) is 6.23. The molecule has 3 aromatic rings. The summed E-state index contributed by atoms with van der Waals surface area (Å²) in [5.41, 5.74) is 2.18. The van der Waals surface area contributed by atoms with Gasteiger partial charge in [-0.2, -0.15) is 8.78 Å². The zero-order valence-corrected chi connectivity index (χ0v) is 15.3. The van der Waals surface area contributed by atoms with E-state index in [0.29, 0.717) is 5.69 Å². The number of ether oxygens (including phenoxy) is 1. The number of hydrogen-bond acceptors (Lipinski definition) is 3. The average molecular weight is 400 g/mol. The summed E-state index contributed by atoms with van der Waals surface area (Å²) < 4.78 is 42.1. The number of carbonyl (C=O) groups excluding carboxylic acids is 1. The second-order valence-corrected chi connectivity index (χ2v) is 6.23. The number of rotatable bonds is 8. The van der Waals surface area contributed by atoms with Crippen LogP contribution in [0.4, 0.5) is 18.9 Å².